The van der Waals surface area contributed by atoms with E-state index in [2.05, 4.69) is 0 Å². The van der Waals surface area contributed by atoms with Crippen molar-refractivity contribution < 1.29 is 43.9 Å². The maximum atomic E-state index is 12.8. The van der Waals surface area contributed by atoms with Crippen LogP contribution in [0.25, 0.3) is 0 Å². The van der Waals surface area contributed by atoms with Gasteiger partial charge in [-0.25, -0.2) is 4.79 Å². The lowest BCUT2D eigenvalue weighted by Crippen LogP contribution is -2.22. The number of aromatic hydroxyl groups is 2. The van der Waals surface area contributed by atoms with Crippen molar-refractivity contribution in [3.63, 3.8) is 0 Å². The zero-order valence-corrected chi connectivity index (χ0v) is 15.9. The molecule has 0 aliphatic heterocycles. The van der Waals surface area contributed by atoms with Crippen LogP contribution in [0, 0.1) is 0 Å². The van der Waals surface area contributed by atoms with Gasteiger partial charge in [-0.2, -0.15) is 0 Å². The van der Waals surface area contributed by atoms with Gasteiger partial charge in [-0.3, -0.25) is 9.59 Å². The molecule has 0 atom stereocenters. The zero-order valence-electron chi connectivity index (χ0n) is 15.9. The maximum Gasteiger partial charge on any atom is 0.338 e. The summed E-state index contributed by atoms with van der Waals surface area (Å²) in [4.78, 5) is 37.7. The fraction of sp³-hybridized carbons (Fsp3) is 0.286. The summed E-state index contributed by atoms with van der Waals surface area (Å²) >= 11 is 0. The molecule has 158 valence electrons. The lowest BCUT2D eigenvalue weighted by atomic mass is 9.82. The Morgan fingerprint density at radius 2 is 1.47 bits per heavy atom. The van der Waals surface area contributed by atoms with Crippen LogP contribution in [-0.2, 0) is 14.2 Å². The van der Waals surface area contributed by atoms with Crippen molar-refractivity contribution >= 4 is 17.5 Å². The topological polar surface area (TPSA) is 140 Å². The van der Waals surface area contributed by atoms with E-state index in [9.17, 15) is 24.6 Å². The van der Waals surface area contributed by atoms with Gasteiger partial charge in [-0.05, 0) is 18.2 Å². The largest absolute Gasteiger partial charge is 0.507 e. The molecule has 1 aliphatic carbocycles. The minimum absolute atomic E-state index is 0.00534. The monoisotopic (exact) mass is 416 g/mol. The average Bonchev–Trinajstić information content (AvgIpc) is 2.73. The van der Waals surface area contributed by atoms with E-state index in [1.54, 1.807) is 0 Å². The number of hydrogen-bond donors (Lipinski definition) is 3. The predicted molar refractivity (Wildman–Crippen MR) is 102 cm³/mol. The highest BCUT2D eigenvalue weighted by Gasteiger charge is 2.35. The molecule has 0 heterocycles. The molecule has 0 bridgehead atoms. The summed E-state index contributed by atoms with van der Waals surface area (Å²) in [6.45, 7) is 0.730. The van der Waals surface area contributed by atoms with Gasteiger partial charge in [-0.1, -0.05) is 12.1 Å². The van der Waals surface area contributed by atoms with Gasteiger partial charge in [-0.15, -0.1) is 0 Å². The molecule has 0 fully saturated rings. The second-order valence-electron chi connectivity index (χ2n) is 6.36. The van der Waals surface area contributed by atoms with Crippen molar-refractivity contribution in [2.75, 3.05) is 39.6 Å². The number of fused-ring (bicyclic) bond motifs is 2. The molecule has 9 heteroatoms. The number of carbonyl (C=O) groups is 3. The van der Waals surface area contributed by atoms with E-state index in [0.717, 1.165) is 6.07 Å². The van der Waals surface area contributed by atoms with E-state index in [1.165, 1.54) is 24.3 Å². The molecule has 0 saturated carbocycles. The number of rotatable bonds is 9. The third kappa shape index (κ3) is 4.33. The molecule has 9 nitrogen and oxygen atoms in total. The van der Waals surface area contributed by atoms with Crippen LogP contribution >= 0.6 is 0 Å². The number of aliphatic hydroxyl groups excluding tert-OH is 1. The summed E-state index contributed by atoms with van der Waals surface area (Å²) in [5, 5.41) is 28.8. The van der Waals surface area contributed by atoms with Gasteiger partial charge in [0.05, 0.1) is 49.7 Å². The third-order valence-corrected chi connectivity index (χ3v) is 4.41. The molecule has 0 aromatic heterocycles. The van der Waals surface area contributed by atoms with Gasteiger partial charge in [0, 0.05) is 11.1 Å². The van der Waals surface area contributed by atoms with E-state index in [0.29, 0.717) is 6.61 Å². The number of ketones is 2. The number of aliphatic hydroxyl groups is 1. The highest BCUT2D eigenvalue weighted by atomic mass is 16.6. The second-order valence-corrected chi connectivity index (χ2v) is 6.36. The van der Waals surface area contributed by atoms with E-state index in [-0.39, 0.29) is 66.6 Å². The minimum atomic E-state index is -0.796. The lowest BCUT2D eigenvalue weighted by Gasteiger charge is -2.19. The summed E-state index contributed by atoms with van der Waals surface area (Å²) in [6, 6.07) is 6.33. The van der Waals surface area contributed by atoms with E-state index >= 15 is 0 Å². The smallest absolute Gasteiger partial charge is 0.338 e. The molecular formula is C21H20O9. The maximum absolute atomic E-state index is 12.8. The van der Waals surface area contributed by atoms with Crippen LogP contribution < -0.4 is 0 Å². The second kappa shape index (κ2) is 9.49. The van der Waals surface area contributed by atoms with E-state index in [1.807, 2.05) is 0 Å². The van der Waals surface area contributed by atoms with Crippen molar-refractivity contribution in [2.45, 2.75) is 0 Å². The van der Waals surface area contributed by atoms with Crippen molar-refractivity contribution in [3.8, 4) is 11.5 Å². The Kier molecular flexibility index (Phi) is 6.78. The molecule has 30 heavy (non-hydrogen) atoms. The van der Waals surface area contributed by atoms with Crippen molar-refractivity contribution in [1.82, 2.24) is 0 Å². The molecule has 0 unspecified atom stereocenters. The number of phenols is 2. The van der Waals surface area contributed by atoms with Gasteiger partial charge < -0.3 is 29.5 Å². The number of benzene rings is 2. The normalized spacial score (nSPS) is 12.4. The average molecular weight is 416 g/mol. The lowest BCUT2D eigenvalue weighted by molar-refractivity contribution is 0.00918. The molecule has 0 radical (unpaired) electrons. The number of carbonyl (C=O) groups excluding carboxylic acids is 3. The van der Waals surface area contributed by atoms with Gasteiger partial charge in [0.15, 0.2) is 5.78 Å². The molecule has 3 N–H and O–H groups in total. The minimum Gasteiger partial charge on any atom is -0.507 e. The van der Waals surface area contributed by atoms with Crippen molar-refractivity contribution in [1.29, 1.82) is 0 Å². The summed E-state index contributed by atoms with van der Waals surface area (Å²) in [6.07, 6.45) is 0. The highest BCUT2D eigenvalue weighted by Crippen LogP contribution is 2.37. The first-order valence-corrected chi connectivity index (χ1v) is 9.17. The zero-order chi connectivity index (χ0) is 21.7. The third-order valence-electron chi connectivity index (χ3n) is 4.41. The number of hydrogen-bond acceptors (Lipinski definition) is 9. The number of esters is 1. The molecule has 2 aromatic carbocycles. The Hall–Kier alpha value is -3.27. The molecule has 0 amide bonds. The molecule has 0 saturated heterocycles. The Morgan fingerprint density at radius 1 is 0.800 bits per heavy atom. The van der Waals surface area contributed by atoms with Crippen LogP contribution in [0.4, 0.5) is 0 Å². The Morgan fingerprint density at radius 3 is 2.20 bits per heavy atom. The van der Waals surface area contributed by atoms with Gasteiger partial charge in [0.25, 0.3) is 0 Å². The molecule has 0 spiro atoms. The van der Waals surface area contributed by atoms with Gasteiger partial charge in [0.1, 0.15) is 18.1 Å². The van der Waals surface area contributed by atoms with Crippen LogP contribution in [0.3, 0.4) is 0 Å². The molecule has 2 aromatic rings. The summed E-state index contributed by atoms with van der Waals surface area (Å²) in [5.74, 6) is -3.00. The van der Waals surface area contributed by atoms with Crippen molar-refractivity contribution in [2.24, 2.45) is 0 Å². The van der Waals surface area contributed by atoms with Crippen LogP contribution in [0.2, 0.25) is 0 Å². The first-order chi connectivity index (χ1) is 14.5. The number of ether oxygens (including phenoxy) is 3. The first kappa shape index (κ1) is 21.4. The van der Waals surface area contributed by atoms with E-state index in [4.69, 9.17) is 19.3 Å². The first-order valence-electron chi connectivity index (χ1n) is 9.17. The Balaban J connectivity index is 1.69. The Bertz CT molecular complexity index is 981. The quantitative estimate of drug-likeness (QED) is 0.345. The summed E-state index contributed by atoms with van der Waals surface area (Å²) in [5.41, 5.74) is -0.684. The molecule has 1 aliphatic rings. The van der Waals surface area contributed by atoms with Crippen LogP contribution in [0.1, 0.15) is 42.2 Å². The molecular weight excluding hydrogens is 396 g/mol. The predicted octanol–water partition coefficient (Wildman–Crippen LogP) is 1.06. The summed E-state index contributed by atoms with van der Waals surface area (Å²) < 4.78 is 15.3. The number of phenolic OH excluding ortho intramolecular Hbond substituents is 2. The fourth-order valence-electron chi connectivity index (χ4n) is 3.06. The summed E-state index contributed by atoms with van der Waals surface area (Å²) in [7, 11) is 0. The van der Waals surface area contributed by atoms with Gasteiger partial charge >= 0.3 is 5.97 Å². The SMILES string of the molecule is O=C(OCCOCCOCCO)c1cc(O)c2c(c1)C(=O)c1cccc(O)c1C2=O. The van der Waals surface area contributed by atoms with E-state index < -0.39 is 23.3 Å². The standard InChI is InChI=1S/C21H20O9/c22-4-5-28-6-7-29-8-9-30-21(27)12-10-14-18(16(24)11-12)20(26)17-13(19(14)25)2-1-3-15(17)23/h1-3,10-11,22-24H,4-9H2. The molecule has 3 rings (SSSR count). The van der Waals surface area contributed by atoms with Crippen molar-refractivity contribution in [3.05, 3.63) is 58.1 Å². The Labute approximate surface area is 171 Å². The van der Waals surface area contributed by atoms with Crippen LogP contribution in [-0.4, -0.2) is 72.5 Å². The van der Waals surface area contributed by atoms with Gasteiger partial charge in [0.2, 0.25) is 5.78 Å². The highest BCUT2D eigenvalue weighted by molar-refractivity contribution is 6.30. The van der Waals surface area contributed by atoms with Crippen LogP contribution in [0.5, 0.6) is 11.5 Å². The van der Waals surface area contributed by atoms with Crippen LogP contribution in [0.15, 0.2) is 30.3 Å². The fourth-order valence-corrected chi connectivity index (χ4v) is 3.06.